The molecule has 98 valence electrons. The van der Waals surface area contributed by atoms with E-state index in [1.165, 1.54) is 11.1 Å². The van der Waals surface area contributed by atoms with E-state index < -0.39 is 0 Å². The molecule has 0 N–H and O–H groups in total. The molecule has 0 bridgehead atoms. The Kier molecular flexibility index (Phi) is 3.42. The van der Waals surface area contributed by atoms with Crippen LogP contribution in [0, 0.1) is 13.8 Å². The van der Waals surface area contributed by atoms with Crippen molar-refractivity contribution in [1.29, 1.82) is 0 Å². The third-order valence-corrected chi connectivity index (χ3v) is 5.24. The van der Waals surface area contributed by atoms with Gasteiger partial charge in [-0.15, -0.1) is 0 Å². The van der Waals surface area contributed by atoms with Crippen molar-refractivity contribution < 1.29 is 9.31 Å². The lowest BCUT2D eigenvalue weighted by molar-refractivity contribution is 0.00578. The van der Waals surface area contributed by atoms with Gasteiger partial charge in [0.1, 0.15) is 0 Å². The van der Waals surface area contributed by atoms with E-state index in [2.05, 4.69) is 69.6 Å². The summed E-state index contributed by atoms with van der Waals surface area (Å²) in [5.41, 5.74) is 2.94. The topological polar surface area (TPSA) is 18.5 Å². The number of benzene rings is 1. The van der Waals surface area contributed by atoms with Crippen molar-refractivity contribution in [3.8, 4) is 0 Å². The van der Waals surface area contributed by atoms with Crippen molar-refractivity contribution in [1.82, 2.24) is 0 Å². The fourth-order valence-corrected chi connectivity index (χ4v) is 2.32. The summed E-state index contributed by atoms with van der Waals surface area (Å²) in [7, 11) is -0.277. The summed E-state index contributed by atoms with van der Waals surface area (Å²) in [5.74, 6) is 0. The van der Waals surface area contributed by atoms with Crippen LogP contribution in [-0.4, -0.2) is 18.3 Å². The van der Waals surface area contributed by atoms with E-state index in [9.17, 15) is 0 Å². The zero-order valence-electron chi connectivity index (χ0n) is 11.9. The lowest BCUT2D eigenvalue weighted by Gasteiger charge is -2.32. The van der Waals surface area contributed by atoms with E-state index in [1.807, 2.05) is 0 Å². The summed E-state index contributed by atoms with van der Waals surface area (Å²) >= 11 is 3.59. The molecule has 18 heavy (non-hydrogen) atoms. The van der Waals surface area contributed by atoms with Gasteiger partial charge in [0.25, 0.3) is 0 Å². The Morgan fingerprint density at radius 2 is 1.33 bits per heavy atom. The first-order valence-corrected chi connectivity index (χ1v) is 7.06. The monoisotopic (exact) mass is 310 g/mol. The standard InChI is InChI=1S/C14H20BBrO2/c1-9-7-11(8-10(2)12(9)16)15-17-13(3,4)14(5,6)18-15/h7-8H,1-6H3. The van der Waals surface area contributed by atoms with Crippen molar-refractivity contribution in [2.24, 2.45) is 0 Å². The summed E-state index contributed by atoms with van der Waals surface area (Å²) in [4.78, 5) is 0. The molecule has 0 saturated carbocycles. The van der Waals surface area contributed by atoms with Crippen LogP contribution >= 0.6 is 15.9 Å². The number of aryl methyl sites for hydroxylation is 2. The van der Waals surface area contributed by atoms with Gasteiger partial charge in [-0.05, 0) is 58.1 Å². The van der Waals surface area contributed by atoms with Crippen LogP contribution in [0.3, 0.4) is 0 Å². The predicted octanol–water partition coefficient (Wildman–Crippen LogP) is 3.37. The number of rotatable bonds is 1. The molecule has 1 saturated heterocycles. The van der Waals surface area contributed by atoms with Gasteiger partial charge in [0.05, 0.1) is 11.2 Å². The number of hydrogen-bond donors (Lipinski definition) is 0. The smallest absolute Gasteiger partial charge is 0.399 e. The minimum Gasteiger partial charge on any atom is -0.399 e. The summed E-state index contributed by atoms with van der Waals surface area (Å²) in [6.45, 7) is 12.5. The van der Waals surface area contributed by atoms with E-state index >= 15 is 0 Å². The van der Waals surface area contributed by atoms with Gasteiger partial charge in [0.2, 0.25) is 0 Å². The average Bonchev–Trinajstić information content (AvgIpc) is 2.44. The lowest BCUT2D eigenvalue weighted by Crippen LogP contribution is -2.41. The minimum atomic E-state index is -0.285. The molecule has 4 heteroatoms. The molecule has 0 amide bonds. The van der Waals surface area contributed by atoms with Gasteiger partial charge in [-0.3, -0.25) is 0 Å². The Bertz CT molecular complexity index is 444. The van der Waals surface area contributed by atoms with Crippen LogP contribution < -0.4 is 5.46 Å². The predicted molar refractivity (Wildman–Crippen MR) is 79.3 cm³/mol. The van der Waals surface area contributed by atoms with Crippen LogP contribution in [0.2, 0.25) is 0 Å². The van der Waals surface area contributed by atoms with Gasteiger partial charge in [-0.2, -0.15) is 0 Å². The normalized spacial score (nSPS) is 21.4. The maximum atomic E-state index is 6.06. The van der Waals surface area contributed by atoms with Gasteiger partial charge in [-0.25, -0.2) is 0 Å². The summed E-state index contributed by atoms with van der Waals surface area (Å²) in [6, 6.07) is 4.25. The minimum absolute atomic E-state index is 0.277. The highest BCUT2D eigenvalue weighted by atomic mass is 79.9. The Hall–Kier alpha value is -0.315. The van der Waals surface area contributed by atoms with E-state index in [1.54, 1.807) is 0 Å². The quantitative estimate of drug-likeness (QED) is 0.741. The van der Waals surface area contributed by atoms with Crippen molar-refractivity contribution in [2.45, 2.75) is 52.7 Å². The second-order valence-electron chi connectivity index (χ2n) is 6.06. The largest absolute Gasteiger partial charge is 0.494 e. The molecule has 1 fully saturated rings. The SMILES string of the molecule is Cc1cc(B2OC(C)(C)C(C)(C)O2)cc(C)c1Br. The average molecular weight is 311 g/mol. The highest BCUT2D eigenvalue weighted by Crippen LogP contribution is 2.36. The molecule has 1 aromatic rings. The van der Waals surface area contributed by atoms with Crippen molar-refractivity contribution in [3.63, 3.8) is 0 Å². The first-order valence-electron chi connectivity index (χ1n) is 6.26. The van der Waals surface area contributed by atoms with Gasteiger partial charge < -0.3 is 9.31 Å². The molecule has 0 atom stereocenters. The highest BCUT2D eigenvalue weighted by molar-refractivity contribution is 9.10. The molecule has 1 heterocycles. The molecule has 0 aromatic heterocycles. The highest BCUT2D eigenvalue weighted by Gasteiger charge is 2.51. The fraction of sp³-hybridized carbons (Fsp3) is 0.571. The van der Waals surface area contributed by atoms with Crippen LogP contribution in [0.1, 0.15) is 38.8 Å². The van der Waals surface area contributed by atoms with Crippen molar-refractivity contribution in [2.75, 3.05) is 0 Å². The van der Waals surface area contributed by atoms with Crippen LogP contribution in [0.4, 0.5) is 0 Å². The first kappa shape index (κ1) is 14.1. The molecule has 1 aliphatic rings. The summed E-state index contributed by atoms with van der Waals surface area (Å²) in [5, 5.41) is 0. The van der Waals surface area contributed by atoms with Crippen LogP contribution in [0.5, 0.6) is 0 Å². The molecular weight excluding hydrogens is 291 g/mol. The molecule has 0 aliphatic carbocycles. The second kappa shape index (κ2) is 4.36. The zero-order chi connectivity index (χ0) is 13.7. The summed E-state index contributed by atoms with van der Waals surface area (Å²) < 4.78 is 13.3. The van der Waals surface area contributed by atoms with Gasteiger partial charge in [0, 0.05) is 4.47 Å². The Labute approximate surface area is 118 Å². The van der Waals surface area contributed by atoms with E-state index in [0.717, 1.165) is 9.94 Å². The van der Waals surface area contributed by atoms with Gasteiger partial charge >= 0.3 is 7.12 Å². The maximum Gasteiger partial charge on any atom is 0.494 e. The molecule has 1 aliphatic heterocycles. The lowest BCUT2D eigenvalue weighted by atomic mass is 9.77. The van der Waals surface area contributed by atoms with Crippen molar-refractivity contribution >= 4 is 28.5 Å². The second-order valence-corrected chi connectivity index (χ2v) is 6.85. The maximum absolute atomic E-state index is 6.06. The summed E-state index contributed by atoms with van der Waals surface area (Å²) in [6.07, 6.45) is 0. The van der Waals surface area contributed by atoms with E-state index in [4.69, 9.17) is 9.31 Å². The third-order valence-electron chi connectivity index (χ3n) is 3.98. The Morgan fingerprint density at radius 3 is 1.72 bits per heavy atom. The van der Waals surface area contributed by atoms with Gasteiger partial charge in [-0.1, -0.05) is 28.1 Å². The number of halogens is 1. The third kappa shape index (κ3) is 2.26. The van der Waals surface area contributed by atoms with E-state index in [-0.39, 0.29) is 18.3 Å². The van der Waals surface area contributed by atoms with Gasteiger partial charge in [0.15, 0.2) is 0 Å². The van der Waals surface area contributed by atoms with Crippen molar-refractivity contribution in [3.05, 3.63) is 27.7 Å². The molecule has 2 nitrogen and oxygen atoms in total. The zero-order valence-corrected chi connectivity index (χ0v) is 13.5. The van der Waals surface area contributed by atoms with E-state index in [0.29, 0.717) is 0 Å². The molecule has 0 unspecified atom stereocenters. The first-order chi connectivity index (χ1) is 8.14. The Balaban J connectivity index is 2.36. The Morgan fingerprint density at radius 1 is 0.944 bits per heavy atom. The number of hydrogen-bond acceptors (Lipinski definition) is 2. The molecule has 2 rings (SSSR count). The fourth-order valence-electron chi connectivity index (χ4n) is 2.09. The molecule has 0 spiro atoms. The molecular formula is C14H20BBrO2. The van der Waals surface area contributed by atoms with Crippen LogP contribution in [-0.2, 0) is 9.31 Å². The molecule has 1 aromatic carbocycles. The van der Waals surface area contributed by atoms with Crippen LogP contribution in [0.15, 0.2) is 16.6 Å². The molecule has 0 radical (unpaired) electrons. The van der Waals surface area contributed by atoms with Crippen LogP contribution in [0.25, 0.3) is 0 Å².